The number of aromatic nitrogens is 2. The fourth-order valence-corrected chi connectivity index (χ4v) is 2.84. The van der Waals surface area contributed by atoms with Crippen LogP contribution in [0, 0.1) is 24.0 Å². The Morgan fingerprint density at radius 3 is 2.46 bits per heavy atom. The van der Waals surface area contributed by atoms with Crippen LogP contribution in [0.2, 0.25) is 0 Å². The molecule has 2 aromatic carbocycles. The molecule has 7 heteroatoms. The van der Waals surface area contributed by atoms with Crippen LogP contribution in [0.25, 0.3) is 5.69 Å². The second kappa shape index (κ2) is 7.18. The van der Waals surface area contributed by atoms with E-state index >= 15 is 0 Å². The van der Waals surface area contributed by atoms with Gasteiger partial charge in [0.05, 0.1) is 16.3 Å². The Morgan fingerprint density at radius 2 is 1.77 bits per heavy atom. The van der Waals surface area contributed by atoms with Gasteiger partial charge in [-0.05, 0) is 32.0 Å². The van der Waals surface area contributed by atoms with Crippen LogP contribution in [0.15, 0.2) is 54.6 Å². The van der Waals surface area contributed by atoms with Crippen molar-refractivity contribution in [2.24, 2.45) is 0 Å². The molecule has 0 aliphatic rings. The van der Waals surface area contributed by atoms with Gasteiger partial charge in [-0.2, -0.15) is 5.10 Å². The molecule has 0 fully saturated rings. The van der Waals surface area contributed by atoms with Gasteiger partial charge in [-0.1, -0.05) is 30.3 Å². The summed E-state index contributed by atoms with van der Waals surface area (Å²) in [5.41, 5.74) is 3.37. The molecular weight excluding hydrogens is 332 g/mol. The zero-order valence-corrected chi connectivity index (χ0v) is 14.5. The van der Waals surface area contributed by atoms with Gasteiger partial charge in [0.15, 0.2) is 0 Å². The molecule has 7 nitrogen and oxygen atoms in total. The average molecular weight is 350 g/mol. The Bertz CT molecular complexity index is 964. The van der Waals surface area contributed by atoms with Gasteiger partial charge in [0, 0.05) is 23.9 Å². The fraction of sp³-hybridized carbons (Fsp3) is 0.158. The van der Waals surface area contributed by atoms with E-state index in [1.807, 2.05) is 48.9 Å². The van der Waals surface area contributed by atoms with E-state index in [0.717, 1.165) is 22.6 Å². The Hall–Kier alpha value is -3.48. The lowest BCUT2D eigenvalue weighted by Crippen LogP contribution is -2.24. The number of hydrogen-bond acceptors (Lipinski definition) is 4. The lowest BCUT2D eigenvalue weighted by molar-refractivity contribution is -0.385. The normalized spacial score (nSPS) is 10.5. The third kappa shape index (κ3) is 3.32. The van der Waals surface area contributed by atoms with E-state index in [1.165, 1.54) is 18.2 Å². The summed E-state index contributed by atoms with van der Waals surface area (Å²) in [7, 11) is 0. The van der Waals surface area contributed by atoms with Crippen LogP contribution in [-0.4, -0.2) is 20.6 Å². The van der Waals surface area contributed by atoms with Crippen molar-refractivity contribution in [1.82, 2.24) is 15.1 Å². The van der Waals surface area contributed by atoms with E-state index in [-0.39, 0.29) is 17.8 Å². The summed E-state index contributed by atoms with van der Waals surface area (Å²) in [5, 5.41) is 18.4. The average Bonchev–Trinajstić information content (AvgIpc) is 2.94. The molecule has 3 rings (SSSR count). The SMILES string of the molecule is Cc1nn(-c2ccccc2)c(C)c1CNC(=O)c1ccccc1[N+](=O)[O-]. The molecule has 0 saturated carbocycles. The number of benzene rings is 2. The minimum Gasteiger partial charge on any atom is -0.348 e. The quantitative estimate of drug-likeness (QED) is 0.564. The van der Waals surface area contributed by atoms with E-state index in [0.29, 0.717) is 0 Å². The van der Waals surface area contributed by atoms with Crippen molar-refractivity contribution in [2.45, 2.75) is 20.4 Å². The van der Waals surface area contributed by atoms with Gasteiger partial charge < -0.3 is 5.32 Å². The first-order valence-electron chi connectivity index (χ1n) is 8.11. The number of para-hydroxylation sites is 2. The summed E-state index contributed by atoms with van der Waals surface area (Å²) < 4.78 is 1.82. The number of amides is 1. The van der Waals surface area contributed by atoms with Crippen LogP contribution in [0.1, 0.15) is 27.3 Å². The Balaban J connectivity index is 1.82. The lowest BCUT2D eigenvalue weighted by atomic mass is 10.1. The van der Waals surface area contributed by atoms with Gasteiger partial charge in [0.25, 0.3) is 11.6 Å². The first kappa shape index (κ1) is 17.3. The number of aryl methyl sites for hydroxylation is 1. The maximum Gasteiger partial charge on any atom is 0.282 e. The van der Waals surface area contributed by atoms with E-state index < -0.39 is 10.8 Å². The lowest BCUT2D eigenvalue weighted by Gasteiger charge is -2.07. The number of carbonyl (C=O) groups excluding carboxylic acids is 1. The van der Waals surface area contributed by atoms with Gasteiger partial charge in [-0.15, -0.1) is 0 Å². The highest BCUT2D eigenvalue weighted by atomic mass is 16.6. The zero-order valence-electron chi connectivity index (χ0n) is 14.5. The summed E-state index contributed by atoms with van der Waals surface area (Å²) in [4.78, 5) is 22.9. The van der Waals surface area contributed by atoms with E-state index in [9.17, 15) is 14.9 Å². The molecular formula is C19H18N4O3. The molecule has 0 radical (unpaired) electrons. The molecule has 0 unspecified atom stereocenters. The van der Waals surface area contributed by atoms with Crippen molar-refractivity contribution in [3.05, 3.63) is 87.2 Å². The molecule has 26 heavy (non-hydrogen) atoms. The summed E-state index contributed by atoms with van der Waals surface area (Å²) in [5.74, 6) is -0.483. The van der Waals surface area contributed by atoms with Crippen LogP contribution in [0.4, 0.5) is 5.69 Å². The van der Waals surface area contributed by atoms with Crippen molar-refractivity contribution in [1.29, 1.82) is 0 Å². The Labute approximate surface area is 150 Å². The van der Waals surface area contributed by atoms with Crippen LogP contribution >= 0.6 is 0 Å². The third-order valence-corrected chi connectivity index (χ3v) is 4.21. The predicted octanol–water partition coefficient (Wildman–Crippen LogP) is 3.33. The molecule has 0 atom stereocenters. The zero-order chi connectivity index (χ0) is 18.7. The second-order valence-corrected chi connectivity index (χ2v) is 5.85. The predicted molar refractivity (Wildman–Crippen MR) is 97.3 cm³/mol. The van der Waals surface area contributed by atoms with Crippen molar-refractivity contribution in [2.75, 3.05) is 0 Å². The monoisotopic (exact) mass is 350 g/mol. The van der Waals surface area contributed by atoms with Crippen LogP contribution < -0.4 is 5.32 Å². The second-order valence-electron chi connectivity index (χ2n) is 5.85. The number of carbonyl (C=O) groups is 1. The van der Waals surface area contributed by atoms with Gasteiger partial charge in [-0.3, -0.25) is 14.9 Å². The van der Waals surface area contributed by atoms with E-state index in [4.69, 9.17) is 0 Å². The number of rotatable bonds is 5. The molecule has 132 valence electrons. The third-order valence-electron chi connectivity index (χ3n) is 4.21. The van der Waals surface area contributed by atoms with Gasteiger partial charge in [0.2, 0.25) is 0 Å². The summed E-state index contributed by atoms with van der Waals surface area (Å²) >= 11 is 0. The highest BCUT2D eigenvalue weighted by Gasteiger charge is 2.20. The summed E-state index contributed by atoms with van der Waals surface area (Å²) in [6.07, 6.45) is 0. The van der Waals surface area contributed by atoms with Crippen LogP contribution in [0.5, 0.6) is 0 Å². The van der Waals surface area contributed by atoms with E-state index in [2.05, 4.69) is 10.4 Å². The Kier molecular flexibility index (Phi) is 4.79. The molecule has 0 spiro atoms. The first-order chi connectivity index (χ1) is 12.5. The maximum absolute atomic E-state index is 12.4. The highest BCUT2D eigenvalue weighted by molar-refractivity contribution is 5.98. The van der Waals surface area contributed by atoms with Gasteiger partial charge in [-0.25, -0.2) is 4.68 Å². The summed E-state index contributed by atoms with van der Waals surface area (Å²) in [6, 6.07) is 15.6. The molecule has 3 aromatic rings. The van der Waals surface area contributed by atoms with Crippen LogP contribution in [0.3, 0.4) is 0 Å². The van der Waals surface area contributed by atoms with Crippen LogP contribution in [-0.2, 0) is 6.54 Å². The van der Waals surface area contributed by atoms with Crippen molar-refractivity contribution in [3.8, 4) is 5.69 Å². The first-order valence-corrected chi connectivity index (χ1v) is 8.11. The fourth-order valence-electron chi connectivity index (χ4n) is 2.84. The van der Waals surface area contributed by atoms with Gasteiger partial charge >= 0.3 is 0 Å². The summed E-state index contributed by atoms with van der Waals surface area (Å²) in [6.45, 7) is 4.05. The smallest absolute Gasteiger partial charge is 0.282 e. The minimum absolute atomic E-state index is 0.0447. The molecule has 0 saturated heterocycles. The molecule has 1 aromatic heterocycles. The molecule has 1 amide bonds. The number of nitro benzene ring substituents is 1. The molecule has 0 aliphatic heterocycles. The van der Waals surface area contributed by atoms with Crippen molar-refractivity contribution >= 4 is 11.6 Å². The molecule has 1 N–H and O–H groups in total. The molecule has 0 bridgehead atoms. The number of hydrogen-bond donors (Lipinski definition) is 1. The number of nitro groups is 1. The number of nitrogens with one attached hydrogen (secondary N) is 1. The highest BCUT2D eigenvalue weighted by Crippen LogP contribution is 2.20. The number of nitrogens with zero attached hydrogens (tertiary/aromatic N) is 3. The Morgan fingerprint density at radius 1 is 1.12 bits per heavy atom. The van der Waals surface area contributed by atoms with Gasteiger partial charge in [0.1, 0.15) is 5.56 Å². The largest absolute Gasteiger partial charge is 0.348 e. The molecule has 1 heterocycles. The van der Waals surface area contributed by atoms with Crippen molar-refractivity contribution < 1.29 is 9.72 Å². The topological polar surface area (TPSA) is 90.1 Å². The van der Waals surface area contributed by atoms with E-state index in [1.54, 1.807) is 6.07 Å². The maximum atomic E-state index is 12.4. The molecule has 0 aliphatic carbocycles. The standard InChI is InChI=1S/C19H18N4O3/c1-13-17(14(2)22(21-13)15-8-4-3-5-9-15)12-20-19(24)16-10-6-7-11-18(16)23(25)26/h3-11H,12H2,1-2H3,(H,20,24). The minimum atomic E-state index is -0.557. The van der Waals surface area contributed by atoms with Crippen molar-refractivity contribution in [3.63, 3.8) is 0 Å².